The van der Waals surface area contributed by atoms with Gasteiger partial charge in [0.05, 0.1) is 5.69 Å². The summed E-state index contributed by atoms with van der Waals surface area (Å²) in [5.41, 5.74) is 9.52. The highest BCUT2D eigenvalue weighted by Crippen LogP contribution is 2.49. The van der Waals surface area contributed by atoms with Gasteiger partial charge in [-0.25, -0.2) is 0 Å². The fourth-order valence-corrected chi connectivity index (χ4v) is 10.9. The number of nitrogens with zero attached hydrogens (tertiary/aromatic N) is 1. The zero-order valence-electron chi connectivity index (χ0n) is 34.7. The molecule has 2 heteroatoms. The van der Waals surface area contributed by atoms with E-state index in [1.165, 1.54) is 86.5 Å². The van der Waals surface area contributed by atoms with Crippen LogP contribution in [0.5, 0.6) is 0 Å². The summed E-state index contributed by atoms with van der Waals surface area (Å²) in [6.07, 6.45) is 0. The summed E-state index contributed by atoms with van der Waals surface area (Å²) in [7, 11) is 0. The maximum absolute atomic E-state index is 6.72. The topological polar surface area (TPSA) is 16.4 Å². The van der Waals surface area contributed by atoms with Crippen LogP contribution in [-0.4, -0.2) is 0 Å². The molecule has 0 spiro atoms. The lowest BCUT2D eigenvalue weighted by Crippen LogP contribution is -2.11. The molecule has 2 nitrogen and oxygen atoms in total. The van der Waals surface area contributed by atoms with Gasteiger partial charge in [0.15, 0.2) is 0 Å². The van der Waals surface area contributed by atoms with E-state index in [0.717, 1.165) is 50.1 Å². The lowest BCUT2D eigenvalue weighted by atomic mass is 9.87. The summed E-state index contributed by atoms with van der Waals surface area (Å²) >= 11 is 0. The van der Waals surface area contributed by atoms with Gasteiger partial charge in [-0.15, -0.1) is 0 Å². The first kappa shape index (κ1) is 35.2. The van der Waals surface area contributed by atoms with Crippen LogP contribution in [0, 0.1) is 0 Å². The van der Waals surface area contributed by atoms with Gasteiger partial charge in [-0.3, -0.25) is 0 Å². The van der Waals surface area contributed by atoms with Crippen molar-refractivity contribution >= 4 is 114 Å². The molecule has 14 aromatic rings. The maximum Gasteiger partial charge on any atom is 0.143 e. The van der Waals surface area contributed by atoms with Gasteiger partial charge in [0, 0.05) is 33.3 Å². The zero-order chi connectivity index (χ0) is 41.9. The summed E-state index contributed by atoms with van der Waals surface area (Å²) in [5, 5.41) is 19.9. The van der Waals surface area contributed by atoms with E-state index < -0.39 is 0 Å². The largest absolute Gasteiger partial charge is 0.455 e. The van der Waals surface area contributed by atoms with E-state index in [1.807, 2.05) is 6.07 Å². The molecular weight excluding hydrogens is 775 g/mol. The van der Waals surface area contributed by atoms with Crippen molar-refractivity contribution in [1.29, 1.82) is 0 Å². The van der Waals surface area contributed by atoms with Gasteiger partial charge in [0.2, 0.25) is 0 Å². The Hall–Kier alpha value is -8.46. The maximum atomic E-state index is 6.72. The Morgan fingerprint density at radius 3 is 1.55 bits per heavy atom. The molecule has 1 aromatic heterocycles. The van der Waals surface area contributed by atoms with E-state index in [1.54, 1.807) is 0 Å². The summed E-state index contributed by atoms with van der Waals surface area (Å²) < 4.78 is 6.72. The van der Waals surface area contributed by atoms with Crippen LogP contribution in [0.15, 0.2) is 229 Å². The molecule has 0 aliphatic rings. The van der Waals surface area contributed by atoms with Crippen molar-refractivity contribution in [2.24, 2.45) is 0 Å². The molecule has 14 rings (SSSR count). The van der Waals surface area contributed by atoms with Crippen LogP contribution in [0.3, 0.4) is 0 Å². The van der Waals surface area contributed by atoms with Crippen LogP contribution >= 0.6 is 0 Å². The molecule has 0 fully saturated rings. The molecule has 0 amide bonds. The lowest BCUT2D eigenvalue weighted by molar-refractivity contribution is 0.670. The SMILES string of the molecule is c1ccc(N(c2ccc(-c3ccc4ccccc4c3)cc2)c2cc3ccc4cccc5c6cccc7ccc8cccc(c(c2)c3c45)c8c76)c(-c2cccc3c2oc2ccccc23)c1. The molecule has 0 atom stereocenters. The second-order valence-corrected chi connectivity index (χ2v) is 17.2. The van der Waals surface area contributed by atoms with Gasteiger partial charge >= 0.3 is 0 Å². The first-order valence-corrected chi connectivity index (χ1v) is 22.1. The first-order valence-electron chi connectivity index (χ1n) is 22.1. The van der Waals surface area contributed by atoms with Gasteiger partial charge in [-0.05, 0) is 129 Å². The summed E-state index contributed by atoms with van der Waals surface area (Å²) in [4.78, 5) is 2.46. The van der Waals surface area contributed by atoms with Crippen molar-refractivity contribution in [2.45, 2.75) is 0 Å². The predicted molar refractivity (Wildman–Crippen MR) is 273 cm³/mol. The molecule has 0 unspecified atom stereocenters. The van der Waals surface area contributed by atoms with Crippen LogP contribution in [0.2, 0.25) is 0 Å². The van der Waals surface area contributed by atoms with Crippen molar-refractivity contribution in [3.8, 4) is 22.3 Å². The first-order chi connectivity index (χ1) is 31.7. The van der Waals surface area contributed by atoms with Gasteiger partial charge in [0.25, 0.3) is 0 Å². The molecule has 296 valence electrons. The molecule has 0 aliphatic carbocycles. The Morgan fingerprint density at radius 2 is 0.797 bits per heavy atom. The summed E-state index contributed by atoms with van der Waals surface area (Å²) in [6.45, 7) is 0. The van der Waals surface area contributed by atoms with Crippen LogP contribution in [0.25, 0.3) is 120 Å². The minimum absolute atomic E-state index is 0.890. The summed E-state index contributed by atoms with van der Waals surface area (Å²) in [6, 6.07) is 82.6. The van der Waals surface area contributed by atoms with E-state index in [-0.39, 0.29) is 0 Å². The van der Waals surface area contributed by atoms with Crippen LogP contribution in [-0.2, 0) is 0 Å². The van der Waals surface area contributed by atoms with Crippen LogP contribution < -0.4 is 4.90 Å². The van der Waals surface area contributed by atoms with E-state index in [4.69, 9.17) is 4.42 Å². The Bertz CT molecular complexity index is 4190. The standard InChI is InChI=1S/C62H37NO/c1-2-12-43-35-44(29-25-38(43)11-1)39-31-33-46(34-32-39)63(56-23-5-3-16-48(56)53-21-10-22-54-49-17-4-6-24-57(49)64-62(53)54)47-36-45-30-28-42-14-8-19-51-50-18-7-13-40-26-27-41-15-9-20-52(60(41)58(40)50)55(37-47)61(45)59(42)51/h1-37H. The third-order valence-electron chi connectivity index (χ3n) is 13.7. The van der Waals surface area contributed by atoms with Crippen LogP contribution in [0.4, 0.5) is 17.1 Å². The van der Waals surface area contributed by atoms with E-state index in [2.05, 4.69) is 223 Å². The van der Waals surface area contributed by atoms with Crippen molar-refractivity contribution in [3.63, 3.8) is 0 Å². The third-order valence-corrected chi connectivity index (χ3v) is 13.7. The minimum Gasteiger partial charge on any atom is -0.455 e. The van der Waals surface area contributed by atoms with E-state index >= 15 is 0 Å². The molecule has 0 radical (unpaired) electrons. The molecule has 1 heterocycles. The Morgan fingerprint density at radius 1 is 0.281 bits per heavy atom. The number of benzene rings is 12. The highest BCUT2D eigenvalue weighted by atomic mass is 16.3. The van der Waals surface area contributed by atoms with Gasteiger partial charge in [0.1, 0.15) is 11.2 Å². The molecule has 64 heavy (non-hydrogen) atoms. The molecule has 0 bridgehead atoms. The zero-order valence-corrected chi connectivity index (χ0v) is 34.7. The van der Waals surface area contributed by atoms with E-state index in [9.17, 15) is 0 Å². The quantitative estimate of drug-likeness (QED) is 0.161. The number of rotatable bonds is 5. The second-order valence-electron chi connectivity index (χ2n) is 17.2. The van der Waals surface area contributed by atoms with Crippen molar-refractivity contribution in [1.82, 2.24) is 0 Å². The number of fused-ring (bicyclic) bond motifs is 6. The molecular formula is C62H37NO. The van der Waals surface area contributed by atoms with Crippen molar-refractivity contribution in [2.75, 3.05) is 4.90 Å². The fourth-order valence-electron chi connectivity index (χ4n) is 10.9. The normalized spacial score (nSPS) is 12.1. The average molecular weight is 812 g/mol. The lowest BCUT2D eigenvalue weighted by Gasteiger charge is -2.29. The Balaban J connectivity index is 1.08. The second kappa shape index (κ2) is 13.5. The predicted octanol–water partition coefficient (Wildman–Crippen LogP) is 17.9. The molecule has 0 saturated heterocycles. The van der Waals surface area contributed by atoms with E-state index in [0.29, 0.717) is 0 Å². The average Bonchev–Trinajstić information content (AvgIpc) is 3.74. The third kappa shape index (κ3) is 5.14. The fraction of sp³-hybridized carbons (Fsp3) is 0. The summed E-state index contributed by atoms with van der Waals surface area (Å²) in [5.74, 6) is 0. The molecule has 0 N–H and O–H groups in total. The van der Waals surface area contributed by atoms with Gasteiger partial charge in [-0.1, -0.05) is 182 Å². The molecule has 13 aromatic carbocycles. The Labute approximate surface area is 368 Å². The number of anilines is 3. The number of furan rings is 1. The minimum atomic E-state index is 0.890. The van der Waals surface area contributed by atoms with Crippen molar-refractivity contribution in [3.05, 3.63) is 224 Å². The van der Waals surface area contributed by atoms with Gasteiger partial charge in [-0.2, -0.15) is 0 Å². The van der Waals surface area contributed by atoms with Gasteiger partial charge < -0.3 is 9.32 Å². The highest BCUT2D eigenvalue weighted by Gasteiger charge is 2.23. The molecule has 0 aliphatic heterocycles. The van der Waals surface area contributed by atoms with Crippen LogP contribution in [0.1, 0.15) is 0 Å². The monoisotopic (exact) mass is 811 g/mol. The number of para-hydroxylation sites is 3. The number of hydrogen-bond donors (Lipinski definition) is 0. The number of hydrogen-bond acceptors (Lipinski definition) is 2. The molecule has 0 saturated carbocycles. The Kier molecular flexibility index (Phi) is 7.43. The smallest absolute Gasteiger partial charge is 0.143 e. The van der Waals surface area contributed by atoms with Crippen molar-refractivity contribution < 1.29 is 4.42 Å². The highest BCUT2D eigenvalue weighted by molar-refractivity contribution is 6.37.